The quantitative estimate of drug-likeness (QED) is 0.519. The molecule has 1 heterocycles. The second-order valence-corrected chi connectivity index (χ2v) is 3.69. The Morgan fingerprint density at radius 3 is 3.00 bits per heavy atom. The molecule has 1 aliphatic rings. The van der Waals surface area contributed by atoms with Gasteiger partial charge in [-0.2, -0.15) is 0 Å². The molecule has 0 aliphatic carbocycles. The smallest absolute Gasteiger partial charge is 0.302 e. The van der Waals surface area contributed by atoms with Crippen LogP contribution in [0.1, 0.15) is 13.3 Å². The normalized spacial score (nSPS) is 30.4. The van der Waals surface area contributed by atoms with Crippen molar-refractivity contribution in [2.45, 2.75) is 24.3 Å². The van der Waals surface area contributed by atoms with E-state index in [9.17, 15) is 4.79 Å². The number of carbonyl (C=O) groups excluding carboxylic acids is 1. The maximum Gasteiger partial charge on any atom is 0.302 e. The van der Waals surface area contributed by atoms with Gasteiger partial charge in [-0.1, -0.05) is 15.9 Å². The van der Waals surface area contributed by atoms with E-state index in [2.05, 4.69) is 15.9 Å². The summed E-state index contributed by atoms with van der Waals surface area (Å²) < 4.78 is 10.1. The van der Waals surface area contributed by atoms with E-state index in [0.717, 1.165) is 13.0 Å². The predicted molar refractivity (Wildman–Crippen MR) is 43.7 cm³/mol. The van der Waals surface area contributed by atoms with Gasteiger partial charge in [0.25, 0.3) is 0 Å². The van der Waals surface area contributed by atoms with Crippen LogP contribution in [0, 0.1) is 0 Å². The molecule has 64 valence electrons. The van der Waals surface area contributed by atoms with Crippen molar-refractivity contribution < 1.29 is 14.3 Å². The van der Waals surface area contributed by atoms with Gasteiger partial charge < -0.3 is 9.47 Å². The van der Waals surface area contributed by atoms with Crippen molar-refractivity contribution >= 4 is 21.9 Å². The highest BCUT2D eigenvalue weighted by atomic mass is 79.9. The molecule has 0 spiro atoms. The second-order valence-electron chi connectivity index (χ2n) is 2.52. The van der Waals surface area contributed by atoms with Crippen LogP contribution in [0.4, 0.5) is 0 Å². The first kappa shape index (κ1) is 9.00. The minimum absolute atomic E-state index is 0.0406. The van der Waals surface area contributed by atoms with E-state index < -0.39 is 0 Å². The first-order valence-corrected chi connectivity index (χ1v) is 4.51. The molecule has 0 saturated carbocycles. The van der Waals surface area contributed by atoms with Gasteiger partial charge in [0.1, 0.15) is 12.7 Å². The van der Waals surface area contributed by atoms with E-state index in [0.29, 0.717) is 11.4 Å². The first-order valence-electron chi connectivity index (χ1n) is 3.59. The topological polar surface area (TPSA) is 35.5 Å². The van der Waals surface area contributed by atoms with Crippen LogP contribution in [0.25, 0.3) is 0 Å². The van der Waals surface area contributed by atoms with E-state index in [1.165, 1.54) is 6.92 Å². The minimum Gasteiger partial charge on any atom is -0.463 e. The van der Waals surface area contributed by atoms with Crippen LogP contribution in [0.2, 0.25) is 0 Å². The molecule has 0 aromatic heterocycles. The molecule has 0 radical (unpaired) electrons. The Balaban J connectivity index is 2.20. The van der Waals surface area contributed by atoms with E-state index >= 15 is 0 Å². The molecule has 2 unspecified atom stereocenters. The van der Waals surface area contributed by atoms with Gasteiger partial charge >= 0.3 is 5.97 Å². The summed E-state index contributed by atoms with van der Waals surface area (Å²) in [5, 5.41) is 0. The molecule has 1 rings (SSSR count). The number of carbonyl (C=O) groups is 1. The molecule has 3 nitrogen and oxygen atoms in total. The fraction of sp³-hybridized carbons (Fsp3) is 0.857. The van der Waals surface area contributed by atoms with Crippen LogP contribution < -0.4 is 0 Å². The SMILES string of the molecule is CC(=O)OCC1OCCC1Br. The molecular weight excluding hydrogens is 212 g/mol. The lowest BCUT2D eigenvalue weighted by Gasteiger charge is -2.11. The molecule has 4 heteroatoms. The highest BCUT2D eigenvalue weighted by Crippen LogP contribution is 2.21. The lowest BCUT2D eigenvalue weighted by atomic mass is 10.2. The molecule has 2 atom stereocenters. The van der Waals surface area contributed by atoms with Gasteiger partial charge in [0, 0.05) is 18.4 Å². The zero-order chi connectivity index (χ0) is 8.27. The third-order valence-electron chi connectivity index (χ3n) is 1.58. The highest BCUT2D eigenvalue weighted by Gasteiger charge is 2.26. The van der Waals surface area contributed by atoms with Crippen molar-refractivity contribution in [1.29, 1.82) is 0 Å². The Labute approximate surface area is 74.2 Å². The molecule has 1 fully saturated rings. The molecular formula is C7H11BrO3. The summed E-state index contributed by atoms with van der Waals surface area (Å²) in [6, 6.07) is 0. The van der Waals surface area contributed by atoms with E-state index in [4.69, 9.17) is 9.47 Å². The minimum atomic E-state index is -0.250. The summed E-state index contributed by atoms with van der Waals surface area (Å²) in [6.07, 6.45) is 1.03. The Morgan fingerprint density at radius 2 is 2.55 bits per heavy atom. The first-order chi connectivity index (χ1) is 5.20. The van der Waals surface area contributed by atoms with Gasteiger partial charge in [-0.15, -0.1) is 0 Å². The van der Waals surface area contributed by atoms with Crippen molar-refractivity contribution in [3.8, 4) is 0 Å². The molecule has 1 saturated heterocycles. The molecule has 0 N–H and O–H groups in total. The fourth-order valence-electron chi connectivity index (χ4n) is 0.974. The van der Waals surface area contributed by atoms with Crippen molar-refractivity contribution in [3.05, 3.63) is 0 Å². The van der Waals surface area contributed by atoms with E-state index in [1.807, 2.05) is 0 Å². The summed E-state index contributed by atoms with van der Waals surface area (Å²) in [6.45, 7) is 2.52. The second kappa shape index (κ2) is 4.07. The van der Waals surface area contributed by atoms with Crippen molar-refractivity contribution in [2.75, 3.05) is 13.2 Å². The summed E-state index contributed by atoms with van der Waals surface area (Å²) >= 11 is 3.44. The van der Waals surface area contributed by atoms with Gasteiger partial charge in [-0.3, -0.25) is 4.79 Å². The van der Waals surface area contributed by atoms with Crippen LogP contribution in [0.5, 0.6) is 0 Å². The lowest BCUT2D eigenvalue weighted by molar-refractivity contribution is -0.144. The van der Waals surface area contributed by atoms with Gasteiger partial charge in [-0.05, 0) is 6.42 Å². The Morgan fingerprint density at radius 1 is 1.82 bits per heavy atom. The van der Waals surface area contributed by atoms with Gasteiger partial charge in [-0.25, -0.2) is 0 Å². The number of alkyl halides is 1. The zero-order valence-corrected chi connectivity index (χ0v) is 7.96. The van der Waals surface area contributed by atoms with Gasteiger partial charge in [0.2, 0.25) is 0 Å². The molecule has 0 aromatic rings. The Hall–Kier alpha value is -0.0900. The van der Waals surface area contributed by atoms with Gasteiger partial charge in [0.05, 0.1) is 0 Å². The molecule has 1 aliphatic heterocycles. The van der Waals surface area contributed by atoms with Crippen molar-refractivity contribution in [2.24, 2.45) is 0 Å². The van der Waals surface area contributed by atoms with Crippen LogP contribution >= 0.6 is 15.9 Å². The highest BCUT2D eigenvalue weighted by molar-refractivity contribution is 9.09. The Kier molecular flexibility index (Phi) is 3.33. The predicted octanol–water partition coefficient (Wildman–Crippen LogP) is 1.10. The maximum absolute atomic E-state index is 10.4. The average Bonchev–Trinajstić information content (AvgIpc) is 2.31. The van der Waals surface area contributed by atoms with E-state index in [1.54, 1.807) is 0 Å². The van der Waals surface area contributed by atoms with Crippen LogP contribution in [-0.2, 0) is 14.3 Å². The van der Waals surface area contributed by atoms with Crippen LogP contribution in [0.3, 0.4) is 0 Å². The molecule has 0 amide bonds. The summed E-state index contributed by atoms with van der Waals surface area (Å²) in [5.41, 5.74) is 0. The average molecular weight is 223 g/mol. The number of esters is 1. The zero-order valence-electron chi connectivity index (χ0n) is 6.38. The van der Waals surface area contributed by atoms with Crippen LogP contribution in [-0.4, -0.2) is 30.1 Å². The number of halogens is 1. The summed E-state index contributed by atoms with van der Waals surface area (Å²) in [4.78, 5) is 10.7. The number of rotatable bonds is 2. The molecule has 0 aromatic carbocycles. The standard InChI is InChI=1S/C7H11BrO3/c1-5(9)11-4-7-6(8)2-3-10-7/h6-7H,2-4H2,1H3. The van der Waals surface area contributed by atoms with Crippen molar-refractivity contribution in [1.82, 2.24) is 0 Å². The molecule has 0 bridgehead atoms. The number of hydrogen-bond donors (Lipinski definition) is 0. The van der Waals surface area contributed by atoms with Crippen molar-refractivity contribution in [3.63, 3.8) is 0 Å². The summed E-state index contributed by atoms with van der Waals surface area (Å²) in [7, 11) is 0. The van der Waals surface area contributed by atoms with Gasteiger partial charge in [0.15, 0.2) is 0 Å². The summed E-state index contributed by atoms with van der Waals surface area (Å²) in [5.74, 6) is -0.250. The fourth-order valence-corrected chi connectivity index (χ4v) is 1.47. The largest absolute Gasteiger partial charge is 0.463 e. The third-order valence-corrected chi connectivity index (χ3v) is 2.63. The Bertz CT molecular complexity index is 149. The van der Waals surface area contributed by atoms with E-state index in [-0.39, 0.29) is 12.1 Å². The third kappa shape index (κ3) is 2.79. The lowest BCUT2D eigenvalue weighted by Crippen LogP contribution is -2.23. The monoisotopic (exact) mass is 222 g/mol. The number of ether oxygens (including phenoxy) is 2. The van der Waals surface area contributed by atoms with Crippen LogP contribution in [0.15, 0.2) is 0 Å². The maximum atomic E-state index is 10.4. The molecule has 11 heavy (non-hydrogen) atoms. The number of hydrogen-bond acceptors (Lipinski definition) is 3.